The molecule has 2 nitrogen and oxygen atoms in total. The molecule has 2 rings (SSSR count). The van der Waals surface area contributed by atoms with E-state index in [1.807, 2.05) is 0 Å². The summed E-state index contributed by atoms with van der Waals surface area (Å²) in [7, 11) is -5.25. The Kier molecular flexibility index (Phi) is 26.0. The maximum atomic E-state index is 9.15. The van der Waals surface area contributed by atoms with Crippen molar-refractivity contribution in [3.8, 4) is 22.9 Å². The van der Waals surface area contributed by atoms with Crippen LogP contribution in [0.5, 0.6) is 0 Å². The van der Waals surface area contributed by atoms with Crippen LogP contribution in [-0.2, 0) is 65.4 Å². The molecule has 0 heterocycles. The van der Waals surface area contributed by atoms with Gasteiger partial charge in [-0.3, -0.25) is 0 Å². The zero-order valence-electron chi connectivity index (χ0n) is 34.6. The smallest absolute Gasteiger partial charge is 0.105 e. The van der Waals surface area contributed by atoms with Gasteiger partial charge in [-0.2, -0.15) is 44.5 Å². The van der Waals surface area contributed by atoms with Crippen LogP contribution in [0, 0.1) is 91.4 Å². The van der Waals surface area contributed by atoms with Crippen LogP contribution >= 0.6 is 0 Å². The monoisotopic (exact) mass is 870 g/mol. The Labute approximate surface area is 353 Å². The van der Waals surface area contributed by atoms with Crippen LogP contribution in [0.25, 0.3) is 0 Å². The van der Waals surface area contributed by atoms with Crippen LogP contribution in [0.2, 0.25) is 65.5 Å². The zero-order valence-corrected chi connectivity index (χ0v) is 44.3. The van der Waals surface area contributed by atoms with Crippen LogP contribution in [0.3, 0.4) is 0 Å². The minimum atomic E-state index is -1.76. The molecule has 266 valence electrons. The number of hydrogen-bond donors (Lipinski definition) is 2. The van der Waals surface area contributed by atoms with Crippen LogP contribution in [0.4, 0.5) is 0 Å². The van der Waals surface area contributed by atoms with Crippen molar-refractivity contribution in [2.45, 2.75) is 135 Å². The van der Waals surface area contributed by atoms with Crippen molar-refractivity contribution in [1.29, 1.82) is 0 Å². The Morgan fingerprint density at radius 3 is 0.812 bits per heavy atom. The molecule has 0 fully saturated rings. The predicted octanol–water partition coefficient (Wildman–Crippen LogP) is 10.5. The summed E-state index contributed by atoms with van der Waals surface area (Å²) in [6, 6.07) is 0. The molecule has 0 bridgehead atoms. The van der Waals surface area contributed by atoms with Crippen molar-refractivity contribution in [3.63, 3.8) is 0 Å². The summed E-state index contributed by atoms with van der Waals surface area (Å²) in [5.41, 5.74) is 18.0. The van der Waals surface area contributed by atoms with Crippen molar-refractivity contribution in [3.05, 3.63) is 81.3 Å². The first-order chi connectivity index (χ1) is 20.4. The van der Waals surface area contributed by atoms with Crippen LogP contribution in [-0.4, -0.2) is 42.5 Å². The average molecular weight is 871 g/mol. The fraction of sp³-hybridized carbons (Fsp3) is 0.500. The van der Waals surface area contributed by atoms with Gasteiger partial charge >= 0.3 is 0 Å². The van der Waals surface area contributed by atoms with Gasteiger partial charge in [0.05, 0.1) is 11.5 Å². The summed E-state index contributed by atoms with van der Waals surface area (Å²) in [5, 5.41) is 21.2. The van der Waals surface area contributed by atoms with Gasteiger partial charge in [-0.1, -0.05) is 133 Å². The Morgan fingerprint density at radius 2 is 0.667 bits per heavy atom. The number of rotatable bonds is 2. The maximum absolute atomic E-state index is 9.15. The molecular weight excluding hydrogens is 803 g/mol. The van der Waals surface area contributed by atoms with Gasteiger partial charge in [0.1, 0.15) is 16.1 Å². The Morgan fingerprint density at radius 1 is 0.500 bits per heavy atom. The van der Waals surface area contributed by atoms with Gasteiger partial charge in [0.2, 0.25) is 0 Å². The van der Waals surface area contributed by atoms with Crippen molar-refractivity contribution < 1.29 is 75.6 Å². The Bertz CT molecular complexity index is 1310. The molecule has 8 heteroatoms. The molecule has 0 aliphatic heterocycles. The van der Waals surface area contributed by atoms with Gasteiger partial charge in [0.25, 0.3) is 0 Å². The van der Waals surface area contributed by atoms with E-state index < -0.39 is 32.3 Å². The van der Waals surface area contributed by atoms with Gasteiger partial charge in [-0.05, 0) is 13.8 Å². The molecular formula is C40H68O2Si4Y2-4. The second-order valence-electron chi connectivity index (χ2n) is 16.2. The summed E-state index contributed by atoms with van der Waals surface area (Å²) in [6.45, 7) is 51.1. The molecule has 2 aromatic carbocycles. The minimum Gasteiger partial charge on any atom is -0.512 e. The maximum Gasteiger partial charge on any atom is 0.105 e. The topological polar surface area (TPSA) is 40.5 Å². The Balaban J connectivity index is -0.000000305. The normalized spacial score (nSPS) is 11.7. The third kappa shape index (κ3) is 21.4. The molecule has 0 saturated carbocycles. The number of hydrogen-bond acceptors (Lipinski definition) is 2. The first-order valence-corrected chi connectivity index (χ1v) is 29.7. The van der Waals surface area contributed by atoms with E-state index in [4.69, 9.17) is 10.2 Å². The summed E-state index contributed by atoms with van der Waals surface area (Å²) >= 11 is 0. The van der Waals surface area contributed by atoms with Gasteiger partial charge in [0, 0.05) is 77.6 Å². The molecule has 0 spiro atoms. The van der Waals surface area contributed by atoms with E-state index in [9.17, 15) is 0 Å². The second kappa shape index (κ2) is 22.8. The van der Waals surface area contributed by atoms with E-state index in [-0.39, 0.29) is 76.9 Å². The van der Waals surface area contributed by atoms with E-state index in [1.165, 1.54) is 54.9 Å². The van der Waals surface area contributed by atoms with E-state index in [1.54, 1.807) is 26.0 Å². The first kappa shape index (κ1) is 54.7. The second-order valence-corrected chi connectivity index (χ2v) is 34.5. The van der Waals surface area contributed by atoms with Crippen molar-refractivity contribution >= 4 is 42.7 Å². The predicted molar refractivity (Wildman–Crippen MR) is 222 cm³/mol. The standard InChI is InChI=1S/2C16H23OSi.2C4H11Si.2Y/c2*1-11(17)9-8-10-18(6,7)16-14(4)12(2)13(3)15(16)5;2*1-5(2,3)4;;/h2*9,17H,1-7H3;2*1H2,2-4H3;;/q4*-1;;. The molecule has 0 amide bonds. The number of aliphatic hydroxyl groups is 2. The van der Waals surface area contributed by atoms with E-state index in [2.05, 4.69) is 157 Å². The Hall–Kier alpha value is -0.0247. The van der Waals surface area contributed by atoms with Crippen LogP contribution < -0.4 is 10.4 Å². The molecule has 2 radical (unpaired) electrons. The molecule has 0 saturated heterocycles. The average Bonchev–Trinajstić information content (AvgIpc) is 3.15. The summed E-state index contributed by atoms with van der Waals surface area (Å²) < 4.78 is 0. The summed E-state index contributed by atoms with van der Waals surface area (Å²) in [4.78, 5) is 0. The number of aliphatic hydroxyl groups excluding tert-OH is 2. The van der Waals surface area contributed by atoms with Crippen molar-refractivity contribution in [1.82, 2.24) is 0 Å². The van der Waals surface area contributed by atoms with Gasteiger partial charge < -0.3 is 23.3 Å². The molecule has 0 atom stereocenters. The SMILES string of the molecule is CC(O)=CC#C[Si](C)(C)[c-]1c(C)c(C)c(C)c1C.CC(O)=CC#C[Si](C)(C)[c-]1c(C)c(C)c(C)c1C.[CH2-][Si](C)(C)C.[CH2-][Si](C)(C)C.[Y].[Y]. The van der Waals surface area contributed by atoms with Crippen LogP contribution in [0.1, 0.15) is 58.4 Å². The third-order valence-electron chi connectivity index (χ3n) is 7.46. The van der Waals surface area contributed by atoms with Gasteiger partial charge in [-0.25, -0.2) is 0 Å². The van der Waals surface area contributed by atoms with Gasteiger partial charge in [-0.15, -0.1) is 37.6 Å². The molecule has 0 unspecified atom stereocenters. The largest absolute Gasteiger partial charge is 0.512 e. The van der Waals surface area contributed by atoms with Crippen molar-refractivity contribution in [2.24, 2.45) is 0 Å². The van der Waals surface area contributed by atoms with E-state index in [0.29, 0.717) is 0 Å². The van der Waals surface area contributed by atoms with E-state index >= 15 is 0 Å². The van der Waals surface area contributed by atoms with Crippen molar-refractivity contribution in [2.75, 3.05) is 0 Å². The first-order valence-electron chi connectivity index (χ1n) is 16.3. The molecule has 0 aliphatic rings. The quantitative estimate of drug-likeness (QED) is 0.137. The number of allylic oxidation sites excluding steroid dienone is 4. The fourth-order valence-corrected chi connectivity index (χ4v) is 10.7. The molecule has 0 aliphatic carbocycles. The third-order valence-corrected chi connectivity index (χ3v) is 13.0. The molecule has 2 N–H and O–H groups in total. The van der Waals surface area contributed by atoms with E-state index in [0.717, 1.165) is 0 Å². The van der Waals surface area contributed by atoms with Gasteiger partial charge in [0.15, 0.2) is 0 Å². The summed E-state index contributed by atoms with van der Waals surface area (Å²) in [6.07, 6.45) is 3.17. The zero-order chi connectivity index (χ0) is 37.2. The fourth-order valence-electron chi connectivity index (χ4n) is 5.08. The summed E-state index contributed by atoms with van der Waals surface area (Å²) in [5.74, 6) is 6.56. The molecule has 2 aromatic rings. The minimum absolute atomic E-state index is 0. The molecule has 0 aromatic heterocycles. The van der Waals surface area contributed by atoms with Crippen LogP contribution in [0.15, 0.2) is 23.7 Å². The molecule has 48 heavy (non-hydrogen) atoms.